The Morgan fingerprint density at radius 2 is 1.70 bits per heavy atom. The Balaban J connectivity index is 0.00000320. The number of hydrogen-bond acceptors (Lipinski definition) is 4. The van der Waals surface area contributed by atoms with Crippen molar-refractivity contribution >= 4 is 30.3 Å². The molecule has 1 aromatic rings. The van der Waals surface area contributed by atoms with Crippen molar-refractivity contribution in [2.75, 3.05) is 6.54 Å². The Bertz CT molecular complexity index is 766. The first-order valence-electron chi connectivity index (χ1n) is 10.3. The molecule has 30 heavy (non-hydrogen) atoms. The van der Waals surface area contributed by atoms with Crippen molar-refractivity contribution in [2.24, 2.45) is 0 Å². The third kappa shape index (κ3) is 6.19. The molecule has 0 saturated carbocycles. The van der Waals surface area contributed by atoms with Gasteiger partial charge in [-0.3, -0.25) is 14.5 Å². The third-order valence-corrected chi connectivity index (χ3v) is 5.52. The summed E-state index contributed by atoms with van der Waals surface area (Å²) in [4.78, 5) is 38.6. The van der Waals surface area contributed by atoms with Gasteiger partial charge in [0.1, 0.15) is 6.04 Å². The smallest absolute Gasteiger partial charge is 0.324 e. The Hall–Kier alpha value is -2.12. The molecule has 1 aromatic carbocycles. The quantitative estimate of drug-likeness (QED) is 0.597. The van der Waals surface area contributed by atoms with Crippen LogP contribution in [-0.4, -0.2) is 52.5 Å². The highest BCUT2D eigenvalue weighted by Gasteiger charge is 2.41. The molecule has 1 atom stereocenters. The molecule has 2 aliphatic rings. The van der Waals surface area contributed by atoms with Crippen LogP contribution in [0.3, 0.4) is 0 Å². The fraction of sp³-hybridized carbons (Fsp3) is 0.591. The molecule has 0 spiro atoms. The predicted octanol–water partition coefficient (Wildman–Crippen LogP) is 2.39. The maximum Gasteiger partial charge on any atom is 0.324 e. The summed E-state index contributed by atoms with van der Waals surface area (Å²) in [5.41, 5.74) is 0.904. The molecule has 2 fully saturated rings. The fourth-order valence-corrected chi connectivity index (χ4v) is 4.71. The Morgan fingerprint density at radius 3 is 2.30 bits per heavy atom. The minimum absolute atomic E-state index is 0. The molecule has 2 aliphatic heterocycles. The van der Waals surface area contributed by atoms with Gasteiger partial charge in [-0.2, -0.15) is 0 Å². The molecule has 0 bridgehead atoms. The summed E-state index contributed by atoms with van der Waals surface area (Å²) in [6, 6.07) is 8.53. The lowest BCUT2D eigenvalue weighted by Crippen LogP contribution is -2.62. The van der Waals surface area contributed by atoms with Crippen LogP contribution in [0.4, 0.5) is 4.79 Å². The highest BCUT2D eigenvalue weighted by Crippen LogP contribution is 2.28. The average Bonchev–Trinajstić information content (AvgIpc) is 2.84. The molecule has 8 heteroatoms. The minimum atomic E-state index is -0.791. The number of rotatable bonds is 6. The first-order valence-corrected chi connectivity index (χ1v) is 10.3. The largest absolute Gasteiger partial charge is 0.353 e. The third-order valence-electron chi connectivity index (χ3n) is 5.52. The minimum Gasteiger partial charge on any atom is -0.353 e. The molecule has 7 nitrogen and oxygen atoms in total. The number of carbonyl (C=O) groups excluding carboxylic acids is 3. The van der Waals surface area contributed by atoms with E-state index >= 15 is 0 Å². The zero-order valence-corrected chi connectivity index (χ0v) is 19.0. The van der Waals surface area contributed by atoms with Crippen LogP contribution in [0.5, 0.6) is 0 Å². The molecular formula is C22H33ClN4O3. The van der Waals surface area contributed by atoms with Crippen molar-refractivity contribution < 1.29 is 14.4 Å². The van der Waals surface area contributed by atoms with Crippen LogP contribution < -0.4 is 16.0 Å². The van der Waals surface area contributed by atoms with E-state index in [0.717, 1.165) is 18.4 Å². The summed E-state index contributed by atoms with van der Waals surface area (Å²) in [7, 11) is 0. The summed E-state index contributed by atoms with van der Waals surface area (Å²) < 4.78 is 0. The van der Waals surface area contributed by atoms with Crippen molar-refractivity contribution in [3.05, 3.63) is 35.9 Å². The molecule has 166 valence electrons. The number of urea groups is 1. The van der Waals surface area contributed by atoms with Gasteiger partial charge in [-0.05, 0) is 52.5 Å². The van der Waals surface area contributed by atoms with Crippen molar-refractivity contribution in [1.82, 2.24) is 20.9 Å². The Morgan fingerprint density at radius 1 is 1.10 bits per heavy atom. The molecule has 2 heterocycles. The summed E-state index contributed by atoms with van der Waals surface area (Å²) >= 11 is 0. The second kappa shape index (κ2) is 9.35. The highest BCUT2D eigenvalue weighted by molar-refractivity contribution is 6.05. The van der Waals surface area contributed by atoms with Gasteiger partial charge in [0.15, 0.2) is 0 Å². The number of carbonyl (C=O) groups is 3. The number of nitrogens with one attached hydrogen (secondary N) is 3. The van der Waals surface area contributed by atoms with Crippen LogP contribution in [0.2, 0.25) is 0 Å². The number of amides is 4. The first-order chi connectivity index (χ1) is 13.5. The maximum absolute atomic E-state index is 12.6. The summed E-state index contributed by atoms with van der Waals surface area (Å²) in [6.07, 6.45) is 2.20. The SMILES string of the molecule is CC1(C)CC(NC(=O)C[C@@H]2NC(=O)N(CCc3ccccc3)C2=O)CC(C)(C)N1.Cl. The van der Waals surface area contributed by atoms with Gasteiger partial charge in [0, 0.05) is 23.7 Å². The summed E-state index contributed by atoms with van der Waals surface area (Å²) in [5, 5.41) is 9.30. The van der Waals surface area contributed by atoms with Crippen LogP contribution in [0, 0.1) is 0 Å². The van der Waals surface area contributed by atoms with Gasteiger partial charge in [0.25, 0.3) is 5.91 Å². The molecular weight excluding hydrogens is 404 g/mol. The van der Waals surface area contributed by atoms with E-state index in [0.29, 0.717) is 13.0 Å². The molecule has 4 amide bonds. The van der Waals surface area contributed by atoms with E-state index in [4.69, 9.17) is 0 Å². The van der Waals surface area contributed by atoms with E-state index in [-0.39, 0.29) is 47.8 Å². The Labute approximate surface area is 184 Å². The second-order valence-electron chi connectivity index (χ2n) is 9.50. The van der Waals surface area contributed by atoms with Crippen LogP contribution in [-0.2, 0) is 16.0 Å². The topological polar surface area (TPSA) is 90.5 Å². The summed E-state index contributed by atoms with van der Waals surface area (Å²) in [6.45, 7) is 8.80. The first kappa shape index (κ1) is 24.2. The van der Waals surface area contributed by atoms with Crippen LogP contribution in [0.15, 0.2) is 30.3 Å². The molecule has 0 aromatic heterocycles. The van der Waals surface area contributed by atoms with Crippen molar-refractivity contribution in [1.29, 1.82) is 0 Å². The molecule has 0 aliphatic carbocycles. The molecule has 3 rings (SSSR count). The number of halogens is 1. The van der Waals surface area contributed by atoms with Gasteiger partial charge in [-0.1, -0.05) is 30.3 Å². The Kier molecular flexibility index (Phi) is 7.53. The van der Waals surface area contributed by atoms with Gasteiger partial charge in [-0.25, -0.2) is 4.79 Å². The fourth-order valence-electron chi connectivity index (χ4n) is 4.71. The van der Waals surface area contributed by atoms with Crippen molar-refractivity contribution in [3.8, 4) is 0 Å². The molecule has 3 N–H and O–H groups in total. The summed E-state index contributed by atoms with van der Waals surface area (Å²) in [5.74, 6) is -0.529. The monoisotopic (exact) mass is 436 g/mol. The average molecular weight is 437 g/mol. The maximum atomic E-state index is 12.6. The second-order valence-corrected chi connectivity index (χ2v) is 9.50. The normalized spacial score (nSPS) is 22.9. The van der Waals surface area contributed by atoms with Crippen LogP contribution in [0.25, 0.3) is 0 Å². The lowest BCUT2D eigenvalue weighted by molar-refractivity contribution is -0.131. The van der Waals surface area contributed by atoms with Gasteiger partial charge >= 0.3 is 6.03 Å². The van der Waals surface area contributed by atoms with Gasteiger partial charge in [0.05, 0.1) is 6.42 Å². The molecule has 0 radical (unpaired) electrons. The van der Waals surface area contributed by atoms with Gasteiger partial charge in [-0.15, -0.1) is 12.4 Å². The van der Waals surface area contributed by atoms with E-state index in [2.05, 4.69) is 43.6 Å². The predicted molar refractivity (Wildman–Crippen MR) is 119 cm³/mol. The van der Waals surface area contributed by atoms with E-state index < -0.39 is 12.1 Å². The van der Waals surface area contributed by atoms with E-state index in [9.17, 15) is 14.4 Å². The lowest BCUT2D eigenvalue weighted by Gasteiger charge is -2.46. The van der Waals surface area contributed by atoms with E-state index in [1.165, 1.54) is 4.90 Å². The lowest BCUT2D eigenvalue weighted by atomic mass is 9.79. The number of hydrogen-bond donors (Lipinski definition) is 3. The zero-order chi connectivity index (χ0) is 21.2. The highest BCUT2D eigenvalue weighted by atomic mass is 35.5. The zero-order valence-electron chi connectivity index (χ0n) is 18.2. The number of benzene rings is 1. The van der Waals surface area contributed by atoms with E-state index in [1.807, 2.05) is 30.3 Å². The van der Waals surface area contributed by atoms with Gasteiger partial charge in [0.2, 0.25) is 5.91 Å². The standard InChI is InChI=1S/C22H32N4O3.ClH/c1-21(2)13-16(14-22(3,4)25-21)23-18(27)12-17-19(28)26(20(29)24-17)11-10-15-8-6-5-7-9-15;/h5-9,16-17,25H,10-14H2,1-4H3,(H,23,27)(H,24,29);1H/t17-;/m0./s1. The van der Waals surface area contributed by atoms with Gasteiger partial charge < -0.3 is 16.0 Å². The number of imide groups is 1. The molecule has 0 unspecified atom stereocenters. The van der Waals surface area contributed by atoms with E-state index in [1.54, 1.807) is 0 Å². The van der Waals surface area contributed by atoms with Crippen LogP contribution in [0.1, 0.15) is 52.5 Å². The van der Waals surface area contributed by atoms with Crippen molar-refractivity contribution in [3.63, 3.8) is 0 Å². The van der Waals surface area contributed by atoms with Crippen LogP contribution >= 0.6 is 12.4 Å². The number of nitrogens with zero attached hydrogens (tertiary/aromatic N) is 1. The van der Waals surface area contributed by atoms with Crippen molar-refractivity contribution in [2.45, 2.75) is 76.5 Å². The number of piperidine rings is 1. The molecule has 2 saturated heterocycles.